The van der Waals surface area contributed by atoms with Gasteiger partial charge in [-0.2, -0.15) is 9.13 Å². The summed E-state index contributed by atoms with van der Waals surface area (Å²) >= 11 is 0. The van der Waals surface area contributed by atoms with Crippen LogP contribution in [0.25, 0.3) is 50.3 Å². The van der Waals surface area contributed by atoms with Crippen LogP contribution >= 0.6 is 0 Å². The van der Waals surface area contributed by atoms with Crippen LogP contribution in [0.4, 0.5) is 0 Å². The van der Waals surface area contributed by atoms with Gasteiger partial charge in [0.05, 0.1) is 20.1 Å². The number of furan rings is 1. The molecule has 6 aromatic rings. The molecule has 0 radical (unpaired) electrons. The van der Waals surface area contributed by atoms with E-state index in [1.54, 1.807) is 10.8 Å². The van der Waals surface area contributed by atoms with E-state index in [4.69, 9.17) is 16.0 Å². The van der Waals surface area contributed by atoms with Crippen molar-refractivity contribution in [1.82, 2.24) is 4.98 Å². The average Bonchev–Trinajstić information content (AvgIpc) is 3.46. The standard InChI is InChI=1S/C45H49N3OSi/c1-28-20-21-47-30(3)23-41-35(19-17-32-24-43-39(25-37(32)40(47)22-28)36-18-16-29(2)46-45(36)49-43)33-14-10-11-15-34(33)42-26-38(31-12-8-7-9-13-31)44(27-48(41)42)50(4,5)6/h10-11,14-16,18,20-22,24-27,31,35,41H,3,7-9,12-13,17,19,23H2,1-2,4-6H3/q+2. The molecule has 0 N–H and O–H groups in total. The number of aryl methyl sites for hydroxylation is 3. The minimum absolute atomic E-state index is 0.271. The van der Waals surface area contributed by atoms with Gasteiger partial charge in [0.15, 0.2) is 24.1 Å². The van der Waals surface area contributed by atoms with E-state index in [2.05, 4.69) is 115 Å². The first-order valence-corrected chi connectivity index (χ1v) is 22.4. The second-order valence-electron chi connectivity index (χ2n) is 16.5. The highest BCUT2D eigenvalue weighted by atomic mass is 28.3. The predicted octanol–water partition coefficient (Wildman–Crippen LogP) is 10.2. The van der Waals surface area contributed by atoms with E-state index in [1.165, 1.54) is 71.3 Å². The molecule has 5 heteroatoms. The van der Waals surface area contributed by atoms with Gasteiger partial charge in [-0.25, -0.2) is 4.98 Å². The Bertz CT molecular complexity index is 2340. The molecule has 252 valence electrons. The summed E-state index contributed by atoms with van der Waals surface area (Å²) in [6, 6.07) is 25.7. The molecular formula is C45H49N3OSi+2. The smallest absolute Gasteiger partial charge is 0.227 e. The molecule has 0 bridgehead atoms. The maximum Gasteiger partial charge on any atom is 0.227 e. The Morgan fingerprint density at radius 3 is 2.46 bits per heavy atom. The topological polar surface area (TPSA) is 33.8 Å². The lowest BCUT2D eigenvalue weighted by molar-refractivity contribution is -0.719. The van der Waals surface area contributed by atoms with Crippen LogP contribution in [0.5, 0.6) is 0 Å². The number of hydrogen-bond donors (Lipinski definition) is 0. The van der Waals surface area contributed by atoms with Crippen LogP contribution in [0, 0.1) is 13.8 Å². The lowest BCUT2D eigenvalue weighted by Crippen LogP contribution is -2.55. The Balaban J connectivity index is 1.25. The zero-order valence-electron chi connectivity index (χ0n) is 30.4. The lowest BCUT2D eigenvalue weighted by Gasteiger charge is -2.34. The second kappa shape index (κ2) is 11.9. The Labute approximate surface area is 297 Å². The summed E-state index contributed by atoms with van der Waals surface area (Å²) in [7, 11) is -1.65. The van der Waals surface area contributed by atoms with Crippen molar-refractivity contribution >= 4 is 41.0 Å². The molecule has 4 nitrogen and oxygen atoms in total. The molecule has 2 unspecified atom stereocenters. The zero-order valence-corrected chi connectivity index (χ0v) is 31.4. The molecule has 0 saturated heterocycles. The highest BCUT2D eigenvalue weighted by Gasteiger charge is 2.44. The Kier molecular flexibility index (Phi) is 7.51. The van der Waals surface area contributed by atoms with Crippen LogP contribution < -0.4 is 14.3 Å². The van der Waals surface area contributed by atoms with E-state index >= 15 is 0 Å². The maximum absolute atomic E-state index is 6.44. The monoisotopic (exact) mass is 675 g/mol. The number of aromatic nitrogens is 3. The third-order valence-corrected chi connectivity index (χ3v) is 14.1. The number of allylic oxidation sites excluding steroid dienone is 1. The van der Waals surface area contributed by atoms with Gasteiger partial charge >= 0.3 is 0 Å². The summed E-state index contributed by atoms with van der Waals surface area (Å²) in [5, 5.41) is 3.85. The van der Waals surface area contributed by atoms with Gasteiger partial charge in [-0.3, -0.25) is 0 Å². The van der Waals surface area contributed by atoms with Gasteiger partial charge in [-0.1, -0.05) is 57.1 Å². The SMILES string of the molecule is C=C1CC2C(CCc3cc4oc5nc(C)ccc5c4cc3-c3cc(C)cc[n+]31)c1ccccc1-c1cc(C3CCCCC3)c([Si](C)(C)C)c[n+]12. The molecule has 0 spiro atoms. The number of rotatable bonds is 2. The van der Waals surface area contributed by atoms with Gasteiger partial charge in [0, 0.05) is 51.3 Å². The van der Waals surface area contributed by atoms with E-state index in [9.17, 15) is 0 Å². The van der Waals surface area contributed by atoms with Crippen molar-refractivity contribution in [2.75, 3.05) is 0 Å². The predicted molar refractivity (Wildman–Crippen MR) is 208 cm³/mol. The zero-order chi connectivity index (χ0) is 34.3. The largest absolute Gasteiger partial charge is 0.438 e. The van der Waals surface area contributed by atoms with E-state index in [-0.39, 0.29) is 6.04 Å². The van der Waals surface area contributed by atoms with Crippen molar-refractivity contribution in [3.05, 3.63) is 114 Å². The van der Waals surface area contributed by atoms with Crippen molar-refractivity contribution < 1.29 is 13.6 Å². The van der Waals surface area contributed by atoms with Crippen LogP contribution in [-0.4, -0.2) is 13.1 Å². The fraction of sp³-hybridized carbons (Fsp3) is 0.356. The highest BCUT2D eigenvalue weighted by molar-refractivity contribution is 6.89. The summed E-state index contributed by atoms with van der Waals surface area (Å²) in [4.78, 5) is 4.75. The first kappa shape index (κ1) is 31.6. The number of benzene rings is 2. The third kappa shape index (κ3) is 5.19. The molecule has 4 aromatic heterocycles. The lowest BCUT2D eigenvalue weighted by atomic mass is 9.76. The van der Waals surface area contributed by atoms with Crippen molar-refractivity contribution in [1.29, 1.82) is 0 Å². The molecule has 2 aliphatic heterocycles. The Morgan fingerprint density at radius 1 is 0.820 bits per heavy atom. The molecule has 2 atom stereocenters. The Morgan fingerprint density at radius 2 is 1.64 bits per heavy atom. The van der Waals surface area contributed by atoms with Crippen LogP contribution in [0.3, 0.4) is 0 Å². The van der Waals surface area contributed by atoms with Crippen molar-refractivity contribution in [2.24, 2.45) is 0 Å². The molecule has 2 aromatic carbocycles. The van der Waals surface area contributed by atoms with Crippen molar-refractivity contribution in [2.45, 2.75) is 103 Å². The molecule has 9 rings (SSSR count). The van der Waals surface area contributed by atoms with E-state index in [1.807, 2.05) is 6.92 Å². The summed E-state index contributed by atoms with van der Waals surface area (Å²) in [6.45, 7) is 16.7. The minimum Gasteiger partial charge on any atom is -0.438 e. The molecular weight excluding hydrogens is 627 g/mol. The average molecular weight is 676 g/mol. The number of nitrogens with zero attached hydrogens (tertiary/aromatic N) is 3. The van der Waals surface area contributed by atoms with E-state index in [0.717, 1.165) is 47.0 Å². The number of pyridine rings is 3. The van der Waals surface area contributed by atoms with Crippen LogP contribution in [-0.2, 0) is 6.42 Å². The fourth-order valence-corrected chi connectivity index (χ4v) is 11.2. The van der Waals surface area contributed by atoms with Gasteiger partial charge in [0.25, 0.3) is 0 Å². The van der Waals surface area contributed by atoms with Gasteiger partial charge < -0.3 is 4.42 Å². The first-order chi connectivity index (χ1) is 24.1. The van der Waals surface area contributed by atoms with E-state index in [0.29, 0.717) is 17.5 Å². The maximum atomic E-state index is 6.44. The summed E-state index contributed by atoms with van der Waals surface area (Å²) in [6.07, 6.45) is 14.5. The molecule has 50 heavy (non-hydrogen) atoms. The van der Waals surface area contributed by atoms with Gasteiger partial charge in [-0.15, -0.1) is 0 Å². The highest BCUT2D eigenvalue weighted by Crippen LogP contribution is 2.46. The summed E-state index contributed by atoms with van der Waals surface area (Å²) in [5.41, 5.74) is 14.7. The first-order valence-electron chi connectivity index (χ1n) is 18.9. The van der Waals surface area contributed by atoms with Crippen LogP contribution in [0.1, 0.15) is 90.8 Å². The molecule has 3 aliphatic rings. The second-order valence-corrected chi connectivity index (χ2v) is 21.5. The quantitative estimate of drug-likeness (QED) is 0.135. The van der Waals surface area contributed by atoms with Gasteiger partial charge in [0.1, 0.15) is 5.58 Å². The number of hydrogen-bond acceptors (Lipinski definition) is 2. The molecule has 6 heterocycles. The molecule has 0 amide bonds. The summed E-state index contributed by atoms with van der Waals surface area (Å²) in [5.74, 6) is 1.03. The normalized spacial score (nSPS) is 19.4. The Hall–Kier alpha value is -4.35. The molecule has 1 saturated carbocycles. The van der Waals surface area contributed by atoms with Crippen LogP contribution in [0.15, 0.2) is 90.1 Å². The fourth-order valence-electron chi connectivity index (χ4n) is 9.52. The van der Waals surface area contributed by atoms with Crippen molar-refractivity contribution in [3.63, 3.8) is 0 Å². The van der Waals surface area contributed by atoms with Crippen LogP contribution in [0.2, 0.25) is 19.6 Å². The third-order valence-electron chi connectivity index (χ3n) is 12.1. The van der Waals surface area contributed by atoms with Crippen molar-refractivity contribution in [3.8, 4) is 22.5 Å². The van der Waals surface area contributed by atoms with Gasteiger partial charge in [-0.05, 0) is 105 Å². The number of fused-ring (bicyclic) bond motifs is 12. The summed E-state index contributed by atoms with van der Waals surface area (Å²) < 4.78 is 11.5. The molecule has 1 aliphatic carbocycles. The molecule has 1 fully saturated rings. The van der Waals surface area contributed by atoms with Gasteiger partial charge in [0.2, 0.25) is 17.1 Å². The minimum atomic E-state index is -1.65. The van der Waals surface area contributed by atoms with E-state index < -0.39 is 8.07 Å².